The quantitative estimate of drug-likeness (QED) is 0.801. The summed E-state index contributed by atoms with van der Waals surface area (Å²) in [6.07, 6.45) is 0.288. The molecule has 6 heteroatoms. The summed E-state index contributed by atoms with van der Waals surface area (Å²) in [5.74, 6) is -0.0866. The van der Waals surface area contributed by atoms with Gasteiger partial charge in [0.25, 0.3) is 0 Å². The number of rotatable bonds is 4. The number of carbonyl (C=O) groups is 1. The molecule has 22 heavy (non-hydrogen) atoms. The molecular weight excluding hydrogens is 320 g/mol. The van der Waals surface area contributed by atoms with E-state index in [1.54, 1.807) is 0 Å². The topological polar surface area (TPSA) is 61.4 Å². The third-order valence-corrected chi connectivity index (χ3v) is 4.47. The van der Waals surface area contributed by atoms with Crippen LogP contribution in [-0.2, 0) is 11.2 Å². The fourth-order valence-electron chi connectivity index (χ4n) is 2.62. The number of nitrogens with one attached hydrogen (secondary N) is 2. The number of halogens is 1. The Hall–Kier alpha value is -1.40. The van der Waals surface area contributed by atoms with Gasteiger partial charge in [-0.25, -0.2) is 0 Å². The van der Waals surface area contributed by atoms with Crippen molar-refractivity contribution in [3.05, 3.63) is 57.8 Å². The van der Waals surface area contributed by atoms with Crippen molar-refractivity contribution in [3.8, 4) is 0 Å². The molecule has 1 aliphatic heterocycles. The zero-order valence-electron chi connectivity index (χ0n) is 12.0. The van der Waals surface area contributed by atoms with Crippen LogP contribution in [0.15, 0.2) is 41.1 Å². The van der Waals surface area contributed by atoms with Gasteiger partial charge in [0.05, 0.1) is 6.10 Å². The first-order valence-corrected chi connectivity index (χ1v) is 7.99. The van der Waals surface area contributed by atoms with Crippen LogP contribution in [0.25, 0.3) is 0 Å². The lowest BCUT2D eigenvalue weighted by Gasteiger charge is -2.26. The molecular formula is C16H19ClN2O2S. The number of hydrogen-bond donors (Lipinski definition) is 3. The van der Waals surface area contributed by atoms with Crippen molar-refractivity contribution in [2.24, 2.45) is 0 Å². The molecule has 2 atom stereocenters. The monoisotopic (exact) mass is 338 g/mol. The van der Waals surface area contributed by atoms with E-state index < -0.39 is 6.10 Å². The minimum absolute atomic E-state index is 0. The zero-order chi connectivity index (χ0) is 14.7. The molecule has 3 rings (SSSR count). The molecule has 1 aromatic heterocycles. The minimum atomic E-state index is -0.654. The maximum atomic E-state index is 12.4. The lowest BCUT2D eigenvalue weighted by molar-refractivity contribution is -0.123. The molecule has 0 aliphatic carbocycles. The highest BCUT2D eigenvalue weighted by Crippen LogP contribution is 2.23. The fraction of sp³-hybridized carbons (Fsp3) is 0.312. The Balaban J connectivity index is 0.00000176. The Morgan fingerprint density at radius 3 is 3.00 bits per heavy atom. The third kappa shape index (κ3) is 3.67. The van der Waals surface area contributed by atoms with E-state index in [-0.39, 0.29) is 30.9 Å². The maximum Gasteiger partial charge on any atom is 0.241 e. The molecule has 1 aliphatic rings. The smallest absolute Gasteiger partial charge is 0.241 e. The van der Waals surface area contributed by atoms with Gasteiger partial charge >= 0.3 is 0 Å². The first-order chi connectivity index (χ1) is 10.3. The van der Waals surface area contributed by atoms with Gasteiger partial charge < -0.3 is 15.7 Å². The molecule has 118 valence electrons. The van der Waals surface area contributed by atoms with E-state index in [2.05, 4.69) is 16.7 Å². The lowest BCUT2D eigenvalue weighted by Crippen LogP contribution is -2.42. The van der Waals surface area contributed by atoms with Crippen LogP contribution in [0, 0.1) is 0 Å². The van der Waals surface area contributed by atoms with Gasteiger partial charge in [0, 0.05) is 13.1 Å². The van der Waals surface area contributed by atoms with E-state index >= 15 is 0 Å². The lowest BCUT2D eigenvalue weighted by atomic mass is 9.94. The van der Waals surface area contributed by atoms with Gasteiger partial charge in [-0.2, -0.15) is 11.3 Å². The molecule has 0 radical (unpaired) electrons. The molecule has 3 N–H and O–H groups in total. The summed E-state index contributed by atoms with van der Waals surface area (Å²) in [6.45, 7) is 1.03. The second-order valence-corrected chi connectivity index (χ2v) is 5.93. The predicted octanol–water partition coefficient (Wildman–Crippen LogP) is 2.21. The number of thiophene rings is 1. The summed E-state index contributed by atoms with van der Waals surface area (Å²) in [7, 11) is 0. The Labute approximate surface area is 140 Å². The van der Waals surface area contributed by atoms with E-state index in [0.29, 0.717) is 0 Å². The molecule has 0 saturated carbocycles. The molecule has 2 heterocycles. The summed E-state index contributed by atoms with van der Waals surface area (Å²) < 4.78 is 0. The van der Waals surface area contributed by atoms with Crippen LogP contribution >= 0.6 is 23.7 Å². The fourth-order valence-corrected chi connectivity index (χ4v) is 3.33. The summed E-state index contributed by atoms with van der Waals surface area (Å²) >= 11 is 1.54. The highest BCUT2D eigenvalue weighted by atomic mass is 35.5. The average molecular weight is 339 g/mol. The van der Waals surface area contributed by atoms with Crippen molar-refractivity contribution < 1.29 is 9.90 Å². The number of benzene rings is 1. The summed E-state index contributed by atoms with van der Waals surface area (Å²) in [5, 5.41) is 19.9. The normalized spacial score (nSPS) is 18.0. The van der Waals surface area contributed by atoms with Crippen LogP contribution in [0.3, 0.4) is 0 Å². The summed E-state index contributed by atoms with van der Waals surface area (Å²) in [4.78, 5) is 12.4. The number of fused-ring (bicyclic) bond motifs is 1. The SMILES string of the molecule is Cl.O=C(NCC(O)c1ccsc1)C1NCCc2ccccc21. The van der Waals surface area contributed by atoms with Crippen molar-refractivity contribution in [1.29, 1.82) is 0 Å². The molecule has 0 spiro atoms. The van der Waals surface area contributed by atoms with Crippen LogP contribution in [0.5, 0.6) is 0 Å². The molecule has 1 amide bonds. The standard InChI is InChI=1S/C16H18N2O2S.ClH/c19-14(12-6-8-21-10-12)9-18-16(20)15-13-4-2-1-3-11(13)5-7-17-15;/h1-4,6,8,10,14-15,17,19H,5,7,9H2,(H,18,20);1H. The van der Waals surface area contributed by atoms with E-state index in [1.165, 1.54) is 16.9 Å². The van der Waals surface area contributed by atoms with Crippen molar-refractivity contribution in [3.63, 3.8) is 0 Å². The van der Waals surface area contributed by atoms with Gasteiger partial charge in [-0.1, -0.05) is 24.3 Å². The van der Waals surface area contributed by atoms with Crippen LogP contribution in [-0.4, -0.2) is 24.1 Å². The maximum absolute atomic E-state index is 12.4. The first kappa shape index (κ1) is 17.0. The first-order valence-electron chi connectivity index (χ1n) is 7.05. The Morgan fingerprint density at radius 1 is 1.41 bits per heavy atom. The van der Waals surface area contributed by atoms with Crippen molar-refractivity contribution in [2.75, 3.05) is 13.1 Å². The summed E-state index contributed by atoms with van der Waals surface area (Å²) in [5.41, 5.74) is 3.10. The molecule has 4 nitrogen and oxygen atoms in total. The van der Waals surface area contributed by atoms with Crippen LogP contribution in [0.1, 0.15) is 28.8 Å². The number of hydrogen-bond acceptors (Lipinski definition) is 4. The molecule has 2 aromatic rings. The Morgan fingerprint density at radius 2 is 2.23 bits per heavy atom. The van der Waals surface area contributed by atoms with E-state index in [4.69, 9.17) is 0 Å². The van der Waals surface area contributed by atoms with Gasteiger partial charge in [-0.15, -0.1) is 12.4 Å². The van der Waals surface area contributed by atoms with Gasteiger partial charge in [0.15, 0.2) is 0 Å². The van der Waals surface area contributed by atoms with Crippen molar-refractivity contribution in [2.45, 2.75) is 18.6 Å². The molecule has 0 saturated heterocycles. The zero-order valence-corrected chi connectivity index (χ0v) is 13.6. The number of carbonyl (C=O) groups excluding carboxylic acids is 1. The van der Waals surface area contributed by atoms with Crippen LogP contribution in [0.4, 0.5) is 0 Å². The van der Waals surface area contributed by atoms with E-state index in [9.17, 15) is 9.90 Å². The molecule has 2 unspecified atom stereocenters. The Kier molecular flexibility index (Phi) is 5.97. The van der Waals surface area contributed by atoms with Crippen molar-refractivity contribution >= 4 is 29.7 Å². The third-order valence-electron chi connectivity index (χ3n) is 3.77. The number of amides is 1. The van der Waals surface area contributed by atoms with Crippen molar-refractivity contribution in [1.82, 2.24) is 10.6 Å². The van der Waals surface area contributed by atoms with Crippen LogP contribution < -0.4 is 10.6 Å². The Bertz CT molecular complexity index is 618. The predicted molar refractivity (Wildman–Crippen MR) is 90.4 cm³/mol. The molecule has 1 aromatic carbocycles. The highest BCUT2D eigenvalue weighted by Gasteiger charge is 2.25. The van der Waals surface area contributed by atoms with Gasteiger partial charge in [-0.3, -0.25) is 4.79 Å². The van der Waals surface area contributed by atoms with Gasteiger partial charge in [0.1, 0.15) is 6.04 Å². The van der Waals surface area contributed by atoms with E-state index in [1.807, 2.05) is 35.0 Å². The molecule has 0 fully saturated rings. The number of aliphatic hydroxyl groups excluding tert-OH is 1. The van der Waals surface area contributed by atoms with Crippen LogP contribution in [0.2, 0.25) is 0 Å². The number of aliphatic hydroxyl groups is 1. The molecule has 0 bridgehead atoms. The van der Waals surface area contributed by atoms with E-state index in [0.717, 1.165) is 24.1 Å². The highest BCUT2D eigenvalue weighted by molar-refractivity contribution is 7.07. The summed E-state index contributed by atoms with van der Waals surface area (Å²) in [6, 6.07) is 9.55. The second kappa shape index (κ2) is 7.74. The second-order valence-electron chi connectivity index (χ2n) is 5.15. The largest absolute Gasteiger partial charge is 0.387 e. The average Bonchev–Trinajstić information content (AvgIpc) is 3.06. The van der Waals surface area contributed by atoms with Gasteiger partial charge in [-0.05, 0) is 39.9 Å². The minimum Gasteiger partial charge on any atom is -0.387 e. The van der Waals surface area contributed by atoms with Gasteiger partial charge in [0.2, 0.25) is 5.91 Å².